The van der Waals surface area contributed by atoms with E-state index in [1.165, 1.54) is 50.5 Å². The summed E-state index contributed by atoms with van der Waals surface area (Å²) in [6, 6.07) is 10.5. The van der Waals surface area contributed by atoms with Crippen molar-refractivity contribution in [2.75, 3.05) is 26.2 Å². The first-order chi connectivity index (χ1) is 12.3. The summed E-state index contributed by atoms with van der Waals surface area (Å²) in [6.07, 6.45) is 10.7. The fourth-order valence-corrected chi connectivity index (χ4v) is 5.78. The molecule has 3 saturated carbocycles. The van der Waals surface area contributed by atoms with Crippen molar-refractivity contribution in [2.45, 2.75) is 51.4 Å². The molecule has 1 aromatic rings. The number of carbonyl (C=O) groups is 1. The summed E-state index contributed by atoms with van der Waals surface area (Å²) >= 11 is 0. The van der Waals surface area contributed by atoms with Gasteiger partial charge < -0.3 is 10.2 Å². The Kier molecular flexibility index (Phi) is 5.12. The maximum Gasteiger partial charge on any atom is 0.236 e. The van der Waals surface area contributed by atoms with E-state index in [-0.39, 0.29) is 0 Å². The Balaban J connectivity index is 1.26. The Morgan fingerprint density at radius 2 is 1.96 bits per heavy atom. The van der Waals surface area contributed by atoms with Gasteiger partial charge in [0.2, 0.25) is 5.91 Å². The Morgan fingerprint density at radius 1 is 1.16 bits per heavy atom. The number of hydrogen-bond donors (Lipinski definition) is 1. The molecule has 1 aliphatic heterocycles. The SMILES string of the molecule is O=C(CNCCc1ccccc1)N1CCCC2(CC3CCC2CC3)C1. The minimum Gasteiger partial charge on any atom is -0.341 e. The normalized spacial score (nSPS) is 31.4. The molecule has 2 bridgehead atoms. The van der Waals surface area contributed by atoms with Crippen LogP contribution >= 0.6 is 0 Å². The molecule has 5 rings (SSSR count). The van der Waals surface area contributed by atoms with E-state index in [0.717, 1.165) is 37.9 Å². The molecule has 3 nitrogen and oxygen atoms in total. The number of nitrogens with zero attached hydrogens (tertiary/aromatic N) is 1. The average molecular weight is 341 g/mol. The quantitative estimate of drug-likeness (QED) is 0.830. The minimum atomic E-state index is 0.314. The molecule has 1 saturated heterocycles. The van der Waals surface area contributed by atoms with Crippen LogP contribution in [0.25, 0.3) is 0 Å². The Bertz CT molecular complexity index is 579. The van der Waals surface area contributed by atoms with Crippen molar-refractivity contribution in [3.05, 3.63) is 35.9 Å². The highest BCUT2D eigenvalue weighted by atomic mass is 16.2. The number of likely N-dealkylation sites (tertiary alicyclic amines) is 1. The monoisotopic (exact) mass is 340 g/mol. The molecule has 1 unspecified atom stereocenters. The van der Waals surface area contributed by atoms with E-state index >= 15 is 0 Å². The number of fused-ring (bicyclic) bond motifs is 2. The minimum absolute atomic E-state index is 0.314. The van der Waals surface area contributed by atoms with Gasteiger partial charge >= 0.3 is 0 Å². The van der Waals surface area contributed by atoms with Crippen molar-refractivity contribution in [1.29, 1.82) is 0 Å². The Labute approximate surface area is 152 Å². The molecular weight excluding hydrogens is 308 g/mol. The highest BCUT2D eigenvalue weighted by Crippen LogP contribution is 2.56. The van der Waals surface area contributed by atoms with Crippen LogP contribution in [0.1, 0.15) is 50.5 Å². The second kappa shape index (κ2) is 7.49. The zero-order valence-corrected chi connectivity index (χ0v) is 15.4. The average Bonchev–Trinajstić information content (AvgIpc) is 2.67. The largest absolute Gasteiger partial charge is 0.341 e. The van der Waals surface area contributed by atoms with E-state index < -0.39 is 0 Å². The van der Waals surface area contributed by atoms with Crippen LogP contribution < -0.4 is 5.32 Å². The van der Waals surface area contributed by atoms with Gasteiger partial charge in [-0.25, -0.2) is 0 Å². The first-order valence-electron chi connectivity index (χ1n) is 10.3. The predicted octanol–water partition coefficient (Wildman–Crippen LogP) is 3.64. The highest BCUT2D eigenvalue weighted by molar-refractivity contribution is 5.78. The van der Waals surface area contributed by atoms with Crippen LogP contribution in [-0.4, -0.2) is 37.0 Å². The first kappa shape index (κ1) is 17.1. The van der Waals surface area contributed by atoms with Gasteiger partial charge in [0.1, 0.15) is 0 Å². The van der Waals surface area contributed by atoms with E-state index in [4.69, 9.17) is 0 Å². The molecule has 1 amide bonds. The molecule has 1 atom stereocenters. The lowest BCUT2D eigenvalue weighted by molar-refractivity contribution is -0.138. The van der Waals surface area contributed by atoms with E-state index in [2.05, 4.69) is 34.5 Å². The summed E-state index contributed by atoms with van der Waals surface area (Å²) in [5, 5.41) is 3.37. The molecule has 1 aromatic carbocycles. The summed E-state index contributed by atoms with van der Waals surface area (Å²) < 4.78 is 0. The molecule has 0 aromatic heterocycles. The summed E-state index contributed by atoms with van der Waals surface area (Å²) in [5.41, 5.74) is 1.80. The molecule has 3 aliphatic carbocycles. The van der Waals surface area contributed by atoms with Crippen molar-refractivity contribution in [2.24, 2.45) is 17.3 Å². The van der Waals surface area contributed by atoms with Crippen molar-refractivity contribution in [3.8, 4) is 0 Å². The fraction of sp³-hybridized carbons (Fsp3) is 0.682. The first-order valence-corrected chi connectivity index (χ1v) is 10.3. The number of amides is 1. The van der Waals surface area contributed by atoms with E-state index in [9.17, 15) is 4.79 Å². The van der Waals surface area contributed by atoms with Gasteiger partial charge in [0.15, 0.2) is 0 Å². The second-order valence-electron chi connectivity index (χ2n) is 8.62. The maximum absolute atomic E-state index is 12.7. The fourth-order valence-electron chi connectivity index (χ4n) is 5.78. The van der Waals surface area contributed by atoms with Crippen LogP contribution in [0.2, 0.25) is 0 Å². The third-order valence-electron chi connectivity index (χ3n) is 7.08. The van der Waals surface area contributed by atoms with E-state index in [1.807, 2.05) is 6.07 Å². The third-order valence-corrected chi connectivity index (χ3v) is 7.08. The van der Waals surface area contributed by atoms with E-state index in [0.29, 0.717) is 17.9 Å². The molecule has 25 heavy (non-hydrogen) atoms. The molecule has 3 heteroatoms. The smallest absolute Gasteiger partial charge is 0.236 e. The van der Waals surface area contributed by atoms with Gasteiger partial charge in [-0.3, -0.25) is 4.79 Å². The number of benzene rings is 1. The lowest BCUT2D eigenvalue weighted by Crippen LogP contribution is -2.54. The maximum atomic E-state index is 12.7. The molecule has 0 radical (unpaired) electrons. The lowest BCUT2D eigenvalue weighted by Gasteiger charge is -2.55. The zero-order chi connectivity index (χ0) is 17.1. The van der Waals surface area contributed by atoms with E-state index in [1.54, 1.807) is 0 Å². The molecule has 1 heterocycles. The summed E-state index contributed by atoms with van der Waals surface area (Å²) in [4.78, 5) is 14.9. The van der Waals surface area contributed by atoms with Crippen LogP contribution in [0.3, 0.4) is 0 Å². The standard InChI is InChI=1S/C22H32N2O/c25-21(16-23-13-11-18-5-2-1-3-6-18)24-14-4-12-22(17-24)15-19-7-9-20(22)10-8-19/h1-3,5-6,19-20,23H,4,7-17H2. The molecule has 4 aliphatic rings. The molecular formula is C22H32N2O. The molecule has 4 fully saturated rings. The third kappa shape index (κ3) is 3.76. The van der Waals surface area contributed by atoms with Gasteiger partial charge in [-0.05, 0) is 67.9 Å². The van der Waals surface area contributed by atoms with Gasteiger partial charge in [0, 0.05) is 13.1 Å². The van der Waals surface area contributed by atoms with Gasteiger partial charge in [0.05, 0.1) is 6.54 Å². The second-order valence-corrected chi connectivity index (χ2v) is 8.62. The van der Waals surface area contributed by atoms with Gasteiger partial charge in [0.25, 0.3) is 0 Å². The summed E-state index contributed by atoms with van der Waals surface area (Å²) in [6.45, 7) is 3.38. The topological polar surface area (TPSA) is 32.3 Å². The van der Waals surface area contributed by atoms with Gasteiger partial charge in [-0.15, -0.1) is 0 Å². The number of nitrogens with one attached hydrogen (secondary N) is 1. The number of piperidine rings is 1. The summed E-state index contributed by atoms with van der Waals surface area (Å²) in [7, 11) is 0. The number of hydrogen-bond acceptors (Lipinski definition) is 2. The Hall–Kier alpha value is -1.35. The van der Waals surface area contributed by atoms with Crippen LogP contribution in [0.4, 0.5) is 0 Å². The van der Waals surface area contributed by atoms with Crippen LogP contribution in [-0.2, 0) is 11.2 Å². The Morgan fingerprint density at radius 3 is 2.68 bits per heavy atom. The van der Waals surface area contributed by atoms with Crippen LogP contribution in [0.5, 0.6) is 0 Å². The van der Waals surface area contributed by atoms with Crippen LogP contribution in [0, 0.1) is 17.3 Å². The molecule has 1 spiro atoms. The molecule has 1 N–H and O–H groups in total. The van der Waals surface area contributed by atoms with Crippen molar-refractivity contribution >= 4 is 5.91 Å². The van der Waals surface area contributed by atoms with Gasteiger partial charge in [-0.1, -0.05) is 43.2 Å². The zero-order valence-electron chi connectivity index (χ0n) is 15.4. The van der Waals surface area contributed by atoms with Gasteiger partial charge in [-0.2, -0.15) is 0 Å². The van der Waals surface area contributed by atoms with Crippen molar-refractivity contribution in [1.82, 2.24) is 10.2 Å². The summed E-state index contributed by atoms with van der Waals surface area (Å²) in [5.74, 6) is 2.15. The van der Waals surface area contributed by atoms with Crippen molar-refractivity contribution < 1.29 is 4.79 Å². The van der Waals surface area contributed by atoms with Crippen LogP contribution in [0.15, 0.2) is 30.3 Å². The predicted molar refractivity (Wildman–Crippen MR) is 101 cm³/mol. The number of rotatable bonds is 5. The number of carbonyl (C=O) groups excluding carboxylic acids is 1. The highest BCUT2D eigenvalue weighted by Gasteiger charge is 2.49. The van der Waals surface area contributed by atoms with Crippen molar-refractivity contribution in [3.63, 3.8) is 0 Å². The molecule has 136 valence electrons. The lowest BCUT2D eigenvalue weighted by atomic mass is 9.53.